The van der Waals surface area contributed by atoms with Gasteiger partial charge in [-0.2, -0.15) is 0 Å². The first-order valence-corrected chi connectivity index (χ1v) is 4.31. The highest BCUT2D eigenvalue weighted by atomic mass is 16.3. The van der Waals surface area contributed by atoms with Gasteiger partial charge in [0.25, 0.3) is 6.47 Å². The lowest BCUT2D eigenvalue weighted by Gasteiger charge is -2.03. The molecule has 0 bridgehead atoms. The van der Waals surface area contributed by atoms with Crippen LogP contribution in [0.15, 0.2) is 36.4 Å². The molecule has 0 aliphatic carbocycles. The summed E-state index contributed by atoms with van der Waals surface area (Å²) in [6.45, 7) is -0.250. The molecule has 2 aromatic carbocycles. The molecular weight excluding hydrogens is 192 g/mol. The molecule has 0 aliphatic rings. The summed E-state index contributed by atoms with van der Waals surface area (Å²) in [5, 5.41) is 9.04. The normalized spacial score (nSPS) is 9.07. The van der Waals surface area contributed by atoms with Gasteiger partial charge in [-0.15, -0.1) is 0 Å². The highest BCUT2D eigenvalue weighted by Crippen LogP contribution is 2.25. The molecule has 0 radical (unpaired) electrons. The molecule has 0 heterocycles. The van der Waals surface area contributed by atoms with Crippen molar-refractivity contribution in [2.45, 2.75) is 0 Å². The van der Waals surface area contributed by atoms with Crippen LogP contribution in [-0.2, 0) is 4.79 Å². The van der Waals surface area contributed by atoms with Gasteiger partial charge in [0.05, 0.1) is 11.4 Å². The number of hydrogen-bond acceptors (Lipinski definition) is 3. The Labute approximate surface area is 87.1 Å². The molecule has 5 N–H and O–H groups in total. The maximum absolute atomic E-state index is 8.36. The summed E-state index contributed by atoms with van der Waals surface area (Å²) in [7, 11) is 0. The zero-order valence-corrected chi connectivity index (χ0v) is 8.05. The van der Waals surface area contributed by atoms with Gasteiger partial charge in [0.2, 0.25) is 0 Å². The third-order valence-electron chi connectivity index (χ3n) is 2.00. The Bertz CT molecular complexity index is 469. The third kappa shape index (κ3) is 2.37. The molecule has 0 amide bonds. The molecule has 0 saturated carbocycles. The van der Waals surface area contributed by atoms with E-state index in [-0.39, 0.29) is 6.47 Å². The van der Waals surface area contributed by atoms with Crippen LogP contribution in [0.1, 0.15) is 0 Å². The maximum atomic E-state index is 8.36. The summed E-state index contributed by atoms with van der Waals surface area (Å²) in [6, 6.07) is 11.7. The molecule has 78 valence electrons. The van der Waals surface area contributed by atoms with Gasteiger partial charge in [-0.1, -0.05) is 30.3 Å². The van der Waals surface area contributed by atoms with Gasteiger partial charge in [0.15, 0.2) is 0 Å². The number of nitrogens with two attached hydrogens (primary N) is 2. The summed E-state index contributed by atoms with van der Waals surface area (Å²) >= 11 is 0. The van der Waals surface area contributed by atoms with E-state index >= 15 is 0 Å². The van der Waals surface area contributed by atoms with E-state index in [0.29, 0.717) is 11.4 Å². The Morgan fingerprint density at radius 1 is 1.07 bits per heavy atom. The van der Waals surface area contributed by atoms with E-state index in [1.54, 1.807) is 0 Å². The fourth-order valence-electron chi connectivity index (χ4n) is 1.31. The first kappa shape index (κ1) is 10.8. The van der Waals surface area contributed by atoms with E-state index in [0.717, 1.165) is 10.8 Å². The fraction of sp³-hybridized carbons (Fsp3) is 0. The van der Waals surface area contributed by atoms with Crippen LogP contribution in [0.5, 0.6) is 0 Å². The number of anilines is 2. The van der Waals surface area contributed by atoms with Crippen LogP contribution < -0.4 is 11.5 Å². The van der Waals surface area contributed by atoms with Crippen molar-refractivity contribution < 1.29 is 9.90 Å². The van der Waals surface area contributed by atoms with Crippen LogP contribution >= 0.6 is 0 Å². The SMILES string of the molecule is Nc1ccc2ccccc2c1N.O=CO. The molecule has 4 heteroatoms. The predicted molar refractivity (Wildman–Crippen MR) is 61.5 cm³/mol. The monoisotopic (exact) mass is 204 g/mol. The smallest absolute Gasteiger partial charge is 0.290 e. The van der Waals surface area contributed by atoms with Crippen LogP contribution in [0.3, 0.4) is 0 Å². The standard InChI is InChI=1S/C10H10N2.CH2O2/c11-9-6-5-7-3-1-2-4-8(7)10(9)12;2-1-3/h1-6H,11-12H2;1H,(H,2,3). The Kier molecular flexibility index (Phi) is 3.51. The molecule has 2 aromatic rings. The largest absolute Gasteiger partial charge is 0.483 e. The quantitative estimate of drug-likeness (QED) is 0.450. The number of rotatable bonds is 0. The lowest BCUT2D eigenvalue weighted by atomic mass is 10.1. The number of fused-ring (bicyclic) bond motifs is 1. The average Bonchev–Trinajstić information content (AvgIpc) is 2.25. The first-order valence-electron chi connectivity index (χ1n) is 4.31. The Balaban J connectivity index is 0.000000337. The second kappa shape index (κ2) is 4.85. The highest BCUT2D eigenvalue weighted by molar-refractivity contribution is 5.98. The molecule has 0 spiro atoms. The molecular formula is C11H12N2O2. The van der Waals surface area contributed by atoms with E-state index < -0.39 is 0 Å². The van der Waals surface area contributed by atoms with E-state index in [9.17, 15) is 0 Å². The minimum Gasteiger partial charge on any atom is -0.483 e. The van der Waals surface area contributed by atoms with Crippen molar-refractivity contribution in [1.29, 1.82) is 0 Å². The number of nitrogen functional groups attached to an aromatic ring is 2. The molecule has 0 atom stereocenters. The van der Waals surface area contributed by atoms with Gasteiger partial charge in [-0.25, -0.2) is 0 Å². The Hall–Kier alpha value is -2.23. The van der Waals surface area contributed by atoms with Gasteiger partial charge in [-0.05, 0) is 11.5 Å². The van der Waals surface area contributed by atoms with Crippen molar-refractivity contribution in [1.82, 2.24) is 0 Å². The fourth-order valence-corrected chi connectivity index (χ4v) is 1.31. The molecule has 0 unspecified atom stereocenters. The molecule has 0 saturated heterocycles. The molecule has 15 heavy (non-hydrogen) atoms. The summed E-state index contributed by atoms with van der Waals surface area (Å²) in [5.74, 6) is 0. The van der Waals surface area contributed by atoms with Crippen molar-refractivity contribution in [2.75, 3.05) is 11.5 Å². The number of carbonyl (C=O) groups is 1. The maximum Gasteiger partial charge on any atom is 0.290 e. The Morgan fingerprint density at radius 2 is 1.67 bits per heavy atom. The molecule has 2 rings (SSSR count). The topological polar surface area (TPSA) is 89.3 Å². The average molecular weight is 204 g/mol. The summed E-state index contributed by atoms with van der Waals surface area (Å²) < 4.78 is 0. The van der Waals surface area contributed by atoms with Gasteiger partial charge in [-0.3, -0.25) is 4.79 Å². The third-order valence-corrected chi connectivity index (χ3v) is 2.00. The molecule has 4 nitrogen and oxygen atoms in total. The van der Waals surface area contributed by atoms with Gasteiger partial charge in [0, 0.05) is 5.39 Å². The molecule has 0 aromatic heterocycles. The van der Waals surface area contributed by atoms with Gasteiger partial charge in [0.1, 0.15) is 0 Å². The number of hydrogen-bond donors (Lipinski definition) is 3. The van der Waals surface area contributed by atoms with Crippen LogP contribution in [0.2, 0.25) is 0 Å². The lowest BCUT2D eigenvalue weighted by Crippen LogP contribution is -1.94. The summed E-state index contributed by atoms with van der Waals surface area (Å²) in [4.78, 5) is 8.36. The van der Waals surface area contributed by atoms with Gasteiger partial charge >= 0.3 is 0 Å². The van der Waals surface area contributed by atoms with Crippen molar-refractivity contribution in [3.63, 3.8) is 0 Å². The highest BCUT2D eigenvalue weighted by Gasteiger charge is 1.98. The predicted octanol–water partition coefficient (Wildman–Crippen LogP) is 1.70. The number of carboxylic acid groups (broad SMARTS) is 1. The minimum absolute atomic E-state index is 0.250. The number of benzene rings is 2. The van der Waals surface area contributed by atoms with Gasteiger partial charge < -0.3 is 16.6 Å². The minimum atomic E-state index is -0.250. The second-order valence-electron chi connectivity index (χ2n) is 2.90. The summed E-state index contributed by atoms with van der Waals surface area (Å²) in [5.41, 5.74) is 12.8. The van der Waals surface area contributed by atoms with Crippen LogP contribution in [-0.4, -0.2) is 11.6 Å². The molecule has 0 aliphatic heterocycles. The van der Waals surface area contributed by atoms with E-state index in [1.807, 2.05) is 36.4 Å². The van der Waals surface area contributed by atoms with Crippen molar-refractivity contribution in [2.24, 2.45) is 0 Å². The van der Waals surface area contributed by atoms with Crippen molar-refractivity contribution >= 4 is 28.6 Å². The molecule has 0 fully saturated rings. The zero-order valence-electron chi connectivity index (χ0n) is 8.05. The second-order valence-corrected chi connectivity index (χ2v) is 2.90. The Morgan fingerprint density at radius 3 is 2.33 bits per heavy atom. The van der Waals surface area contributed by atoms with Crippen molar-refractivity contribution in [3.05, 3.63) is 36.4 Å². The van der Waals surface area contributed by atoms with Crippen LogP contribution in [0.4, 0.5) is 11.4 Å². The van der Waals surface area contributed by atoms with Crippen LogP contribution in [0.25, 0.3) is 10.8 Å². The first-order chi connectivity index (χ1) is 7.20. The summed E-state index contributed by atoms with van der Waals surface area (Å²) in [6.07, 6.45) is 0. The van der Waals surface area contributed by atoms with E-state index in [1.165, 1.54) is 0 Å². The van der Waals surface area contributed by atoms with Crippen LogP contribution in [0, 0.1) is 0 Å². The van der Waals surface area contributed by atoms with Crippen molar-refractivity contribution in [3.8, 4) is 0 Å². The van der Waals surface area contributed by atoms with E-state index in [4.69, 9.17) is 21.4 Å². The zero-order chi connectivity index (χ0) is 11.3. The lowest BCUT2D eigenvalue weighted by molar-refractivity contribution is -0.122. The van der Waals surface area contributed by atoms with E-state index in [2.05, 4.69) is 0 Å².